The van der Waals surface area contributed by atoms with E-state index < -0.39 is 56.9 Å². The molecule has 10 heteroatoms. The Morgan fingerprint density at radius 1 is 0.519 bits per heavy atom. The van der Waals surface area contributed by atoms with Crippen LogP contribution in [0.3, 0.4) is 0 Å². The Labute approximate surface area is 311 Å². The lowest BCUT2D eigenvalue weighted by atomic mass is 9.83. The molecule has 280 valence electrons. The molecule has 52 heavy (non-hydrogen) atoms. The maximum atomic E-state index is 15.0. The Morgan fingerprint density at radius 3 is 1.15 bits per heavy atom. The van der Waals surface area contributed by atoms with Crippen molar-refractivity contribution in [2.45, 2.75) is 113 Å². The van der Waals surface area contributed by atoms with Gasteiger partial charge in [-0.05, 0) is 46.9 Å². The van der Waals surface area contributed by atoms with E-state index >= 15 is 0 Å². The smallest absolute Gasteiger partial charge is 0.137 e. The van der Waals surface area contributed by atoms with Crippen molar-refractivity contribution >= 4 is 23.5 Å². The van der Waals surface area contributed by atoms with E-state index in [1.165, 1.54) is 0 Å². The van der Waals surface area contributed by atoms with Gasteiger partial charge in [0.15, 0.2) is 0 Å². The standard InChI is InChI=1S/C42H46F6O2S2/c1-41(2,3)25-13-23(39(49)29(15-25)37-31(45)17-27(43)18-32(37)46)21-51-35-11-9-7-8-10-12-36(35)52-22-24-14-26(42(4,5)6)16-30(40(24)50)38-33(47)19-28(44)20-34(38)48/h13-20,35-36,49-50H,7-12,21-22H2,1-6H3. The summed E-state index contributed by atoms with van der Waals surface area (Å²) in [7, 11) is 0. The lowest BCUT2D eigenvalue weighted by Crippen LogP contribution is -2.22. The van der Waals surface area contributed by atoms with Gasteiger partial charge >= 0.3 is 0 Å². The van der Waals surface area contributed by atoms with E-state index in [1.807, 2.05) is 53.7 Å². The normalized spacial score (nSPS) is 17.2. The third-order valence-corrected chi connectivity index (χ3v) is 12.8. The predicted octanol–water partition coefficient (Wildman–Crippen LogP) is 13.1. The molecule has 4 aromatic rings. The SMILES string of the molecule is CC(C)(C)c1cc(CSC2CCCCCCC2SCc2cc(C(C)(C)C)cc(-c3c(F)cc(F)cc3F)c2O)c(O)c(-c2c(F)cc(F)cc2F)c1. The minimum Gasteiger partial charge on any atom is -0.507 e. The van der Waals surface area contributed by atoms with Crippen LogP contribution in [0.4, 0.5) is 26.3 Å². The summed E-state index contributed by atoms with van der Waals surface area (Å²) in [5.74, 6) is -6.27. The molecule has 2 unspecified atom stereocenters. The monoisotopic (exact) mass is 760 g/mol. The minimum absolute atomic E-state index is 0.0272. The van der Waals surface area contributed by atoms with Crippen LogP contribution >= 0.6 is 23.5 Å². The molecular weight excluding hydrogens is 715 g/mol. The minimum atomic E-state index is -1.10. The maximum absolute atomic E-state index is 15.0. The lowest BCUT2D eigenvalue weighted by Gasteiger charge is -2.30. The van der Waals surface area contributed by atoms with Crippen LogP contribution in [0.5, 0.6) is 11.5 Å². The van der Waals surface area contributed by atoms with Crippen molar-refractivity contribution < 1.29 is 36.6 Å². The number of phenols is 2. The van der Waals surface area contributed by atoms with E-state index in [2.05, 4.69) is 0 Å². The molecule has 0 heterocycles. The molecule has 0 aliphatic heterocycles. The highest BCUT2D eigenvalue weighted by Crippen LogP contribution is 2.45. The molecule has 1 saturated carbocycles. The van der Waals surface area contributed by atoms with Crippen LogP contribution in [0.1, 0.15) is 102 Å². The fourth-order valence-electron chi connectivity index (χ4n) is 6.65. The predicted molar refractivity (Wildman–Crippen MR) is 202 cm³/mol. The molecule has 0 bridgehead atoms. The van der Waals surface area contributed by atoms with Crippen LogP contribution in [0.25, 0.3) is 22.3 Å². The molecule has 0 saturated heterocycles. The fourth-order valence-corrected chi connectivity index (χ4v) is 9.71. The summed E-state index contributed by atoms with van der Waals surface area (Å²) in [4.78, 5) is 0. The molecule has 2 N–H and O–H groups in total. The van der Waals surface area contributed by atoms with E-state index in [-0.39, 0.29) is 33.1 Å². The quantitative estimate of drug-likeness (QED) is 0.176. The van der Waals surface area contributed by atoms with Crippen LogP contribution in [0, 0.1) is 34.9 Å². The summed E-state index contributed by atoms with van der Waals surface area (Å²) >= 11 is 3.31. The number of phenolic OH excluding ortho intramolecular Hbond substituents is 2. The summed E-state index contributed by atoms with van der Waals surface area (Å²) in [6, 6.07) is 9.28. The first-order valence-corrected chi connectivity index (χ1v) is 19.7. The van der Waals surface area contributed by atoms with Crippen molar-refractivity contribution in [2.24, 2.45) is 0 Å². The Morgan fingerprint density at radius 2 is 0.846 bits per heavy atom. The molecule has 0 amide bonds. The Bertz CT molecular complexity index is 1750. The zero-order valence-electron chi connectivity index (χ0n) is 30.4. The van der Waals surface area contributed by atoms with Gasteiger partial charge in [0.25, 0.3) is 0 Å². The first-order valence-electron chi connectivity index (χ1n) is 17.6. The number of thioether (sulfide) groups is 2. The molecule has 1 aliphatic carbocycles. The number of hydrogen-bond donors (Lipinski definition) is 2. The zero-order valence-corrected chi connectivity index (χ0v) is 32.0. The van der Waals surface area contributed by atoms with E-state index in [0.29, 0.717) is 46.9 Å². The molecule has 0 spiro atoms. The van der Waals surface area contributed by atoms with Crippen molar-refractivity contribution in [3.63, 3.8) is 0 Å². The summed E-state index contributed by atoms with van der Waals surface area (Å²) in [5.41, 5.74) is 0.713. The molecule has 5 rings (SSSR count). The number of hydrogen-bond acceptors (Lipinski definition) is 4. The molecule has 2 atom stereocenters. The highest BCUT2D eigenvalue weighted by Gasteiger charge is 2.29. The van der Waals surface area contributed by atoms with Gasteiger partial charge in [-0.3, -0.25) is 0 Å². The van der Waals surface area contributed by atoms with Crippen LogP contribution in [0.2, 0.25) is 0 Å². The summed E-state index contributed by atoms with van der Waals surface area (Å²) in [6.07, 6.45) is 5.94. The highest BCUT2D eigenvalue weighted by molar-refractivity contribution is 8.03. The van der Waals surface area contributed by atoms with Crippen LogP contribution in [0.15, 0.2) is 48.5 Å². The van der Waals surface area contributed by atoms with Gasteiger partial charge in [-0.15, -0.1) is 0 Å². The second kappa shape index (κ2) is 16.0. The van der Waals surface area contributed by atoms with Gasteiger partial charge in [0.05, 0.1) is 11.1 Å². The van der Waals surface area contributed by atoms with Gasteiger partial charge in [-0.25, -0.2) is 26.3 Å². The molecule has 0 radical (unpaired) electrons. The Balaban J connectivity index is 1.47. The van der Waals surface area contributed by atoms with E-state index in [4.69, 9.17) is 0 Å². The number of aromatic hydroxyl groups is 2. The third kappa shape index (κ3) is 9.09. The van der Waals surface area contributed by atoms with E-state index in [9.17, 15) is 36.6 Å². The van der Waals surface area contributed by atoms with Gasteiger partial charge < -0.3 is 10.2 Å². The van der Waals surface area contributed by atoms with Crippen molar-refractivity contribution in [2.75, 3.05) is 0 Å². The Hall–Kier alpha value is -3.24. The van der Waals surface area contributed by atoms with Gasteiger partial charge in [-0.2, -0.15) is 23.5 Å². The molecule has 1 aliphatic rings. The summed E-state index contributed by atoms with van der Waals surface area (Å²) in [6.45, 7) is 11.8. The fraction of sp³-hybridized carbons (Fsp3) is 0.429. The first-order chi connectivity index (χ1) is 24.3. The number of benzene rings is 4. The van der Waals surface area contributed by atoms with Gasteiger partial charge in [0, 0.05) is 68.5 Å². The summed E-state index contributed by atoms with van der Waals surface area (Å²) < 4.78 is 87.6. The van der Waals surface area contributed by atoms with Crippen molar-refractivity contribution in [1.29, 1.82) is 0 Å². The summed E-state index contributed by atoms with van der Waals surface area (Å²) in [5, 5.41) is 23.1. The zero-order chi connectivity index (χ0) is 38.1. The third-order valence-electron chi connectivity index (χ3n) is 9.71. The molecule has 4 aromatic carbocycles. The highest BCUT2D eigenvalue weighted by atomic mass is 32.2. The van der Waals surface area contributed by atoms with Gasteiger partial charge in [0.2, 0.25) is 0 Å². The second-order valence-corrected chi connectivity index (χ2v) is 18.2. The lowest BCUT2D eigenvalue weighted by molar-refractivity contribution is 0.468. The van der Waals surface area contributed by atoms with Crippen LogP contribution in [-0.2, 0) is 22.3 Å². The number of halogens is 6. The molecule has 1 fully saturated rings. The molecular formula is C42H46F6O2S2. The van der Waals surface area contributed by atoms with Crippen LogP contribution in [-0.4, -0.2) is 20.7 Å². The van der Waals surface area contributed by atoms with Gasteiger partial charge in [0.1, 0.15) is 46.4 Å². The van der Waals surface area contributed by atoms with E-state index in [1.54, 1.807) is 35.7 Å². The van der Waals surface area contributed by atoms with Crippen molar-refractivity contribution in [3.05, 3.63) is 106 Å². The van der Waals surface area contributed by atoms with Crippen molar-refractivity contribution in [1.82, 2.24) is 0 Å². The van der Waals surface area contributed by atoms with Gasteiger partial charge in [-0.1, -0.05) is 79.4 Å². The molecule has 2 nitrogen and oxygen atoms in total. The average molecular weight is 761 g/mol. The van der Waals surface area contributed by atoms with Crippen LogP contribution < -0.4 is 0 Å². The molecule has 0 aromatic heterocycles. The average Bonchev–Trinajstić information content (AvgIpc) is 3.01. The second-order valence-electron chi connectivity index (χ2n) is 15.7. The number of rotatable bonds is 8. The Kier molecular flexibility index (Phi) is 12.3. The largest absolute Gasteiger partial charge is 0.507 e. The maximum Gasteiger partial charge on any atom is 0.137 e. The van der Waals surface area contributed by atoms with Crippen molar-refractivity contribution in [3.8, 4) is 33.8 Å². The van der Waals surface area contributed by atoms with E-state index in [0.717, 1.165) is 49.7 Å². The topological polar surface area (TPSA) is 40.5 Å². The first kappa shape index (κ1) is 40.0.